The Kier molecular flexibility index (Phi) is 16.4. The van der Waals surface area contributed by atoms with Gasteiger partial charge in [-0.15, -0.1) is 0 Å². The van der Waals surface area contributed by atoms with Gasteiger partial charge in [-0.05, 0) is 111 Å². The molecule has 2 unspecified atom stereocenters. The van der Waals surface area contributed by atoms with Gasteiger partial charge in [0.1, 0.15) is 0 Å². The van der Waals surface area contributed by atoms with Crippen LogP contribution in [0.25, 0.3) is 0 Å². The van der Waals surface area contributed by atoms with Crippen LogP contribution in [0.4, 0.5) is 0 Å². The second kappa shape index (κ2) is 19.9. The fourth-order valence-electron chi connectivity index (χ4n) is 5.62. The molecule has 9 nitrogen and oxygen atoms in total. The molecule has 0 bridgehead atoms. The molecule has 0 aliphatic heterocycles. The fourth-order valence-corrected chi connectivity index (χ4v) is 5.62. The number of H-pyrrole nitrogens is 2. The summed E-state index contributed by atoms with van der Waals surface area (Å²) in [6.45, 7) is 16.7. The Morgan fingerprint density at radius 3 is 1.49 bits per heavy atom. The number of aryl methyl sites for hydroxylation is 4. The summed E-state index contributed by atoms with van der Waals surface area (Å²) < 4.78 is 0. The van der Waals surface area contributed by atoms with Crippen LogP contribution in [0.15, 0.2) is 70.3 Å². The lowest BCUT2D eigenvalue weighted by Crippen LogP contribution is -2.27. The first-order valence-electron chi connectivity index (χ1n) is 17.0. The smallest absolute Gasteiger partial charge is 0.335 e. The average Bonchev–Trinajstić information content (AvgIpc) is 3.05. The third-order valence-corrected chi connectivity index (χ3v) is 8.53. The zero-order valence-corrected chi connectivity index (χ0v) is 30.3. The number of carbonyl (C=O) groups is 2. The number of aromatic amines is 2. The molecular formula is C40H54N4O5. The van der Waals surface area contributed by atoms with Crippen molar-refractivity contribution >= 4 is 11.9 Å². The average molecular weight is 671 g/mol. The molecule has 2 atom stereocenters. The minimum atomic E-state index is -0.861. The Balaban J connectivity index is 0.000000282. The number of hydrogen-bond donors (Lipinski definition) is 5. The Labute approximate surface area is 290 Å². The molecule has 4 aromatic rings. The van der Waals surface area contributed by atoms with Crippen LogP contribution in [0.3, 0.4) is 0 Å². The number of nitrogens with two attached hydrogens (primary N) is 1. The van der Waals surface area contributed by atoms with Gasteiger partial charge in [0.25, 0.3) is 17.0 Å². The van der Waals surface area contributed by atoms with E-state index in [-0.39, 0.29) is 23.6 Å². The highest BCUT2D eigenvalue weighted by Gasteiger charge is 2.11. The largest absolute Gasteiger partial charge is 0.478 e. The molecule has 49 heavy (non-hydrogen) atoms. The van der Waals surface area contributed by atoms with Crippen molar-refractivity contribution in [2.24, 2.45) is 5.73 Å². The van der Waals surface area contributed by atoms with Gasteiger partial charge in [-0.2, -0.15) is 0 Å². The predicted octanol–water partition coefficient (Wildman–Crippen LogP) is 7.56. The highest BCUT2D eigenvalue weighted by Crippen LogP contribution is 2.21. The van der Waals surface area contributed by atoms with Gasteiger partial charge in [0.05, 0.1) is 5.56 Å². The Morgan fingerprint density at radius 2 is 1.12 bits per heavy atom. The number of pyridine rings is 2. The van der Waals surface area contributed by atoms with Gasteiger partial charge in [-0.3, -0.25) is 14.4 Å². The Hall–Kier alpha value is -4.76. The molecule has 0 saturated heterocycles. The lowest BCUT2D eigenvalue weighted by Gasteiger charge is -2.12. The van der Waals surface area contributed by atoms with Crippen molar-refractivity contribution in [2.45, 2.75) is 106 Å². The maximum Gasteiger partial charge on any atom is 0.335 e. The molecule has 4 rings (SSSR count). The van der Waals surface area contributed by atoms with Gasteiger partial charge in [0.2, 0.25) is 0 Å². The number of nitrogens with one attached hydrogen (secondary N) is 3. The van der Waals surface area contributed by atoms with Crippen LogP contribution < -0.4 is 22.2 Å². The van der Waals surface area contributed by atoms with Crippen molar-refractivity contribution in [1.29, 1.82) is 0 Å². The second-order valence-electron chi connectivity index (χ2n) is 12.7. The third kappa shape index (κ3) is 12.7. The molecule has 1 amide bonds. The molecule has 264 valence electrons. The van der Waals surface area contributed by atoms with Crippen LogP contribution in [-0.2, 0) is 13.1 Å². The van der Waals surface area contributed by atoms with Gasteiger partial charge >= 0.3 is 5.97 Å². The van der Waals surface area contributed by atoms with Crippen molar-refractivity contribution in [3.63, 3.8) is 0 Å². The molecule has 0 fully saturated rings. The van der Waals surface area contributed by atoms with E-state index in [1.54, 1.807) is 12.1 Å². The minimum absolute atomic E-state index is 0.0648. The first-order chi connectivity index (χ1) is 23.2. The first-order valence-corrected chi connectivity index (χ1v) is 17.0. The number of amides is 1. The maximum absolute atomic E-state index is 12.3. The van der Waals surface area contributed by atoms with E-state index in [1.165, 1.54) is 11.1 Å². The summed E-state index contributed by atoms with van der Waals surface area (Å²) in [6.07, 6.45) is 4.59. The number of aromatic carboxylic acids is 1. The van der Waals surface area contributed by atoms with E-state index in [0.717, 1.165) is 48.2 Å². The van der Waals surface area contributed by atoms with Crippen molar-refractivity contribution in [3.8, 4) is 0 Å². The van der Waals surface area contributed by atoms with Crippen molar-refractivity contribution in [2.75, 3.05) is 0 Å². The molecule has 2 aromatic carbocycles. The van der Waals surface area contributed by atoms with Gasteiger partial charge in [-0.25, -0.2) is 4.79 Å². The molecule has 0 saturated carbocycles. The molecule has 2 heterocycles. The highest BCUT2D eigenvalue weighted by atomic mass is 16.4. The van der Waals surface area contributed by atoms with Crippen LogP contribution in [0, 0.1) is 27.7 Å². The van der Waals surface area contributed by atoms with Crippen LogP contribution in [0.1, 0.15) is 131 Å². The summed E-state index contributed by atoms with van der Waals surface area (Å²) in [4.78, 5) is 51.5. The molecule has 0 spiro atoms. The van der Waals surface area contributed by atoms with Gasteiger partial charge in [-0.1, -0.05) is 64.8 Å². The molecule has 9 heteroatoms. The van der Waals surface area contributed by atoms with Crippen LogP contribution in [0.5, 0.6) is 0 Å². The van der Waals surface area contributed by atoms with E-state index in [9.17, 15) is 19.2 Å². The zero-order chi connectivity index (χ0) is 36.7. The van der Waals surface area contributed by atoms with Gasteiger partial charge < -0.3 is 26.1 Å². The maximum atomic E-state index is 12.3. The summed E-state index contributed by atoms with van der Waals surface area (Å²) in [5, 5.41) is 11.5. The summed E-state index contributed by atoms with van der Waals surface area (Å²) in [7, 11) is 0. The number of rotatable bonds is 11. The quantitative estimate of drug-likeness (QED) is 0.111. The molecule has 2 aromatic heterocycles. The molecular weight excluding hydrogens is 616 g/mol. The van der Waals surface area contributed by atoms with E-state index < -0.39 is 5.97 Å². The zero-order valence-electron chi connectivity index (χ0n) is 30.3. The van der Waals surface area contributed by atoms with Crippen molar-refractivity contribution in [1.82, 2.24) is 15.3 Å². The number of aromatic nitrogens is 2. The number of carboxylic acid groups (broad SMARTS) is 1. The van der Waals surface area contributed by atoms with E-state index in [2.05, 4.69) is 43.0 Å². The first kappa shape index (κ1) is 40.4. The minimum Gasteiger partial charge on any atom is -0.478 e. The van der Waals surface area contributed by atoms with Gasteiger partial charge in [0, 0.05) is 41.2 Å². The van der Waals surface area contributed by atoms with Crippen molar-refractivity contribution in [3.05, 3.63) is 137 Å². The summed E-state index contributed by atoms with van der Waals surface area (Å²) in [6, 6.07) is 18.7. The molecule has 0 radical (unpaired) electrons. The summed E-state index contributed by atoms with van der Waals surface area (Å²) in [5.41, 5.74) is 13.5. The third-order valence-electron chi connectivity index (χ3n) is 8.53. The summed E-state index contributed by atoms with van der Waals surface area (Å²) in [5.74, 6) is -0.00696. The van der Waals surface area contributed by atoms with Crippen LogP contribution in [0.2, 0.25) is 0 Å². The Bertz CT molecular complexity index is 1770. The Morgan fingerprint density at radius 1 is 0.714 bits per heavy atom. The van der Waals surface area contributed by atoms with E-state index in [4.69, 9.17) is 10.8 Å². The molecule has 0 aliphatic carbocycles. The lowest BCUT2D eigenvalue weighted by molar-refractivity contribution is 0.0696. The predicted molar refractivity (Wildman–Crippen MR) is 199 cm³/mol. The molecule has 0 aliphatic rings. The highest BCUT2D eigenvalue weighted by molar-refractivity contribution is 5.94. The number of hydrogen-bond acceptors (Lipinski definition) is 5. The monoisotopic (exact) mass is 670 g/mol. The normalized spacial score (nSPS) is 11.7. The standard InChI is InChI=1S/C20H26N2O2.C12H16O2.C8H12N2O/c1-5-6-13(2)16-7-9-17(10-8-16)19(23)21-12-18-14(3)11-15(4)22-20(18)24;1-3-4-9(2)10-5-7-11(8-6-10)12(13)14;1-5-3-6(2)10-8(11)7(5)4-9/h7-11,13H,5-6,12H2,1-4H3,(H,21,23)(H,22,24);5-9H,3-4H2,1-2H3,(H,13,14);3H,4,9H2,1-2H3,(H,10,11). The number of carboxylic acids is 1. The number of carbonyl (C=O) groups excluding carboxylic acids is 1. The molecule has 6 N–H and O–H groups in total. The SMILES string of the molecule is CCCC(C)c1ccc(C(=O)NCc2c(C)cc(C)[nH]c2=O)cc1.CCCC(C)c1ccc(C(=O)O)cc1.Cc1cc(C)c(CN)c(=O)[nH]1. The van der Waals surface area contributed by atoms with Crippen LogP contribution in [-0.4, -0.2) is 27.0 Å². The topological polar surface area (TPSA) is 158 Å². The number of benzene rings is 2. The van der Waals surface area contributed by atoms with E-state index >= 15 is 0 Å². The summed E-state index contributed by atoms with van der Waals surface area (Å²) >= 11 is 0. The van der Waals surface area contributed by atoms with E-state index in [0.29, 0.717) is 40.6 Å². The van der Waals surface area contributed by atoms with Crippen LogP contribution >= 0.6 is 0 Å². The second-order valence-corrected chi connectivity index (χ2v) is 12.7. The van der Waals surface area contributed by atoms with Gasteiger partial charge in [0.15, 0.2) is 0 Å². The van der Waals surface area contributed by atoms with E-state index in [1.807, 2.05) is 76.2 Å². The fraction of sp³-hybridized carbons (Fsp3) is 0.400. The lowest BCUT2D eigenvalue weighted by atomic mass is 9.95. The van der Waals surface area contributed by atoms with Crippen molar-refractivity contribution < 1.29 is 14.7 Å².